The van der Waals surface area contributed by atoms with E-state index in [1.807, 2.05) is 36.4 Å². The molecule has 1 aliphatic heterocycles. The summed E-state index contributed by atoms with van der Waals surface area (Å²) in [6.45, 7) is 10.7. The number of unbranched alkanes of at least 4 members (excludes halogenated alkanes) is 1. The topological polar surface area (TPSA) is 99.4 Å². The van der Waals surface area contributed by atoms with Gasteiger partial charge in [-0.2, -0.15) is 0 Å². The maximum absolute atomic E-state index is 8.36. The van der Waals surface area contributed by atoms with Gasteiger partial charge < -0.3 is 19.1 Å². The number of aryl methyl sites for hydroxylation is 2. The van der Waals surface area contributed by atoms with Gasteiger partial charge in [-0.05, 0) is 80.1 Å². The van der Waals surface area contributed by atoms with Crippen molar-refractivity contribution in [1.29, 1.82) is 0 Å². The summed E-state index contributed by atoms with van der Waals surface area (Å²) in [6, 6.07) is 18.2. The minimum Gasteiger partial charge on any atom is -0.483 e. The molecule has 0 aliphatic carbocycles. The van der Waals surface area contributed by atoms with Gasteiger partial charge in [-0.3, -0.25) is 4.79 Å². The van der Waals surface area contributed by atoms with Gasteiger partial charge in [-0.25, -0.2) is 15.0 Å². The maximum Gasteiger partial charge on any atom is 0.290 e. The molecule has 8 nitrogen and oxygen atoms in total. The average molecular weight is 677 g/mol. The van der Waals surface area contributed by atoms with Crippen LogP contribution in [-0.2, 0) is 29.1 Å². The van der Waals surface area contributed by atoms with E-state index in [4.69, 9.17) is 36.0 Å². The molecule has 4 heterocycles. The normalized spacial score (nSPS) is 14.1. The quantitative estimate of drug-likeness (QED) is 0.131. The van der Waals surface area contributed by atoms with Crippen LogP contribution in [0.1, 0.15) is 81.4 Å². The number of imidazole rings is 1. The molecular weight excluding hydrogens is 632 g/mol. The lowest BCUT2D eigenvalue weighted by atomic mass is 10.1. The number of halogens is 1. The Bertz CT molecular complexity index is 1760. The van der Waals surface area contributed by atoms with Crippen molar-refractivity contribution in [3.63, 3.8) is 0 Å². The van der Waals surface area contributed by atoms with Crippen LogP contribution in [0.5, 0.6) is 5.88 Å². The van der Waals surface area contributed by atoms with Crippen molar-refractivity contribution < 1.29 is 19.4 Å². The van der Waals surface area contributed by atoms with Gasteiger partial charge in [-0.1, -0.05) is 63.4 Å². The Labute approximate surface area is 286 Å². The largest absolute Gasteiger partial charge is 0.483 e. The highest BCUT2D eigenvalue weighted by molar-refractivity contribution is 7.18. The number of carbonyl (C=O) groups is 1. The SMILES string of the molecule is CC/C=C(\CCC)c1cccc(OCc2nc3ccc(Cl)cc3s2)n1.CCCCc1nc2ccc(C)cc2n1CC1CCO1.O=CO. The van der Waals surface area contributed by atoms with Crippen molar-refractivity contribution in [3.05, 3.63) is 87.8 Å². The van der Waals surface area contributed by atoms with Gasteiger partial charge in [0.1, 0.15) is 17.4 Å². The van der Waals surface area contributed by atoms with Crippen molar-refractivity contribution in [3.8, 4) is 5.88 Å². The van der Waals surface area contributed by atoms with Crippen LogP contribution in [-0.4, -0.2) is 43.8 Å². The lowest BCUT2D eigenvalue weighted by molar-refractivity contribution is -0.122. The number of aromatic nitrogens is 4. The summed E-state index contributed by atoms with van der Waals surface area (Å²) in [6.07, 6.45) is 10.4. The smallest absolute Gasteiger partial charge is 0.290 e. The third-order valence-corrected chi connectivity index (χ3v) is 8.90. The third-order valence-electron chi connectivity index (χ3n) is 7.68. The molecule has 0 amide bonds. The molecule has 0 radical (unpaired) electrons. The van der Waals surface area contributed by atoms with Gasteiger partial charge in [0.25, 0.3) is 6.47 Å². The highest BCUT2D eigenvalue weighted by Gasteiger charge is 2.21. The minimum absolute atomic E-state index is 0.250. The third kappa shape index (κ3) is 10.3. The van der Waals surface area contributed by atoms with E-state index >= 15 is 0 Å². The van der Waals surface area contributed by atoms with Crippen molar-refractivity contribution in [2.75, 3.05) is 6.61 Å². The fourth-order valence-corrected chi connectivity index (χ4v) is 6.47. The molecule has 47 heavy (non-hydrogen) atoms. The zero-order valence-corrected chi connectivity index (χ0v) is 29.3. The Morgan fingerprint density at radius 3 is 2.57 bits per heavy atom. The Morgan fingerprint density at radius 2 is 1.87 bits per heavy atom. The van der Waals surface area contributed by atoms with E-state index in [1.165, 1.54) is 41.7 Å². The second-order valence-electron chi connectivity index (χ2n) is 11.4. The highest BCUT2D eigenvalue weighted by atomic mass is 35.5. The van der Waals surface area contributed by atoms with Crippen molar-refractivity contribution in [2.45, 2.75) is 91.9 Å². The highest BCUT2D eigenvalue weighted by Crippen LogP contribution is 2.27. The van der Waals surface area contributed by atoms with Crippen LogP contribution in [0.25, 0.3) is 26.8 Å². The van der Waals surface area contributed by atoms with Gasteiger partial charge in [-0.15, -0.1) is 11.3 Å². The minimum atomic E-state index is -0.250. The monoisotopic (exact) mass is 676 g/mol. The number of benzene rings is 2. The van der Waals surface area contributed by atoms with Crippen LogP contribution in [0.3, 0.4) is 0 Å². The summed E-state index contributed by atoms with van der Waals surface area (Å²) < 4.78 is 14.9. The molecule has 2 aromatic carbocycles. The number of fused-ring (bicyclic) bond motifs is 2. The lowest BCUT2D eigenvalue weighted by Crippen LogP contribution is -2.31. The Kier molecular flexibility index (Phi) is 14.2. The molecule has 1 aliphatic rings. The molecular formula is C37H45ClN4O4S. The molecule has 1 fully saturated rings. The van der Waals surface area contributed by atoms with E-state index in [1.54, 1.807) is 11.3 Å². The van der Waals surface area contributed by atoms with Gasteiger partial charge in [0, 0.05) is 24.1 Å². The average Bonchev–Trinajstić information content (AvgIpc) is 3.61. The summed E-state index contributed by atoms with van der Waals surface area (Å²) in [4.78, 5) is 22.4. The summed E-state index contributed by atoms with van der Waals surface area (Å²) in [5.74, 6) is 1.85. The predicted octanol–water partition coefficient (Wildman–Crippen LogP) is 9.69. The number of allylic oxidation sites excluding steroid dienone is 2. The van der Waals surface area contributed by atoms with E-state index in [0.717, 1.165) is 70.3 Å². The van der Waals surface area contributed by atoms with E-state index < -0.39 is 0 Å². The Morgan fingerprint density at radius 1 is 1.09 bits per heavy atom. The summed E-state index contributed by atoms with van der Waals surface area (Å²) >= 11 is 7.63. The summed E-state index contributed by atoms with van der Waals surface area (Å²) in [5, 5.41) is 8.53. The fourth-order valence-electron chi connectivity index (χ4n) is 5.31. The summed E-state index contributed by atoms with van der Waals surface area (Å²) in [5.41, 5.74) is 6.91. The van der Waals surface area contributed by atoms with Crippen LogP contribution < -0.4 is 4.74 Å². The zero-order valence-electron chi connectivity index (χ0n) is 27.7. The van der Waals surface area contributed by atoms with Crippen LogP contribution in [0, 0.1) is 6.92 Å². The van der Waals surface area contributed by atoms with Crippen LogP contribution >= 0.6 is 22.9 Å². The van der Waals surface area contributed by atoms with Gasteiger partial charge >= 0.3 is 0 Å². The molecule has 3 aromatic heterocycles. The van der Waals surface area contributed by atoms with Crippen LogP contribution in [0.15, 0.2) is 60.7 Å². The first kappa shape index (κ1) is 36.1. The first-order valence-electron chi connectivity index (χ1n) is 16.4. The number of hydrogen-bond acceptors (Lipinski definition) is 7. The molecule has 0 spiro atoms. The second-order valence-corrected chi connectivity index (χ2v) is 12.9. The van der Waals surface area contributed by atoms with Crippen molar-refractivity contribution in [1.82, 2.24) is 19.5 Å². The molecule has 0 bridgehead atoms. The zero-order chi connectivity index (χ0) is 33.6. The number of ether oxygens (including phenoxy) is 2. The number of nitrogens with zero attached hydrogens (tertiary/aromatic N) is 4. The number of pyridine rings is 1. The molecule has 250 valence electrons. The van der Waals surface area contributed by atoms with Crippen LogP contribution in [0.2, 0.25) is 5.02 Å². The van der Waals surface area contributed by atoms with E-state index in [0.29, 0.717) is 18.6 Å². The predicted molar refractivity (Wildman–Crippen MR) is 193 cm³/mol. The molecule has 1 N–H and O–H groups in total. The molecule has 1 saturated heterocycles. The maximum atomic E-state index is 8.36. The van der Waals surface area contributed by atoms with Gasteiger partial charge in [0.05, 0.1) is 39.6 Å². The van der Waals surface area contributed by atoms with Gasteiger partial charge in [0.2, 0.25) is 5.88 Å². The van der Waals surface area contributed by atoms with E-state index in [9.17, 15) is 0 Å². The number of rotatable bonds is 12. The van der Waals surface area contributed by atoms with Crippen LogP contribution in [0.4, 0.5) is 0 Å². The molecule has 0 saturated carbocycles. The standard InChI is InChI=1S/C20H21ClN2OS.C16H22N2O.CH2O2/c1-3-6-14(7-4-2)16-8-5-9-19(22-16)24-13-20-23-17-11-10-15(21)12-18(17)25-20;1-3-4-5-16-17-14-7-6-12(2)10-15(14)18(16)11-13-8-9-19-13;2-1-3/h5-6,8-12H,3-4,7,13H2,1-2H3;6-7,10,13H,3-5,8-9,11H2,1-2H3;1H,(H,2,3)/b14-6+;;. The first-order chi connectivity index (χ1) is 22.9. The Balaban J connectivity index is 0.000000202. The Hall–Kier alpha value is -3.79. The summed E-state index contributed by atoms with van der Waals surface area (Å²) in [7, 11) is 0. The number of carboxylic acid groups (broad SMARTS) is 1. The molecule has 10 heteroatoms. The lowest BCUT2D eigenvalue weighted by Gasteiger charge is -2.27. The van der Waals surface area contributed by atoms with Crippen molar-refractivity contribution in [2.24, 2.45) is 0 Å². The van der Waals surface area contributed by atoms with E-state index in [-0.39, 0.29) is 6.47 Å². The number of hydrogen-bond donors (Lipinski definition) is 1. The molecule has 1 unspecified atom stereocenters. The molecule has 5 aromatic rings. The fraction of sp³-hybridized carbons (Fsp3) is 0.405. The number of thiazole rings is 1. The van der Waals surface area contributed by atoms with Crippen molar-refractivity contribution >= 4 is 56.2 Å². The van der Waals surface area contributed by atoms with Gasteiger partial charge in [0.15, 0.2) is 0 Å². The van der Waals surface area contributed by atoms with E-state index in [2.05, 4.69) is 66.5 Å². The second kappa shape index (κ2) is 18.5. The molecule has 1 atom stereocenters. The molecule has 6 rings (SSSR count). The first-order valence-corrected chi connectivity index (χ1v) is 17.6.